The van der Waals surface area contributed by atoms with Gasteiger partial charge in [0.05, 0.1) is 38.6 Å². The Labute approximate surface area is 197 Å². The minimum atomic E-state index is -4.41. The van der Waals surface area contributed by atoms with E-state index in [1.165, 1.54) is 6.07 Å². The van der Waals surface area contributed by atoms with Crippen LogP contribution in [0.5, 0.6) is 0 Å². The van der Waals surface area contributed by atoms with Crippen molar-refractivity contribution in [1.29, 1.82) is 0 Å². The zero-order valence-electron chi connectivity index (χ0n) is 17.9. The number of nitrogens with two attached hydrogens (primary N) is 4. The van der Waals surface area contributed by atoms with Gasteiger partial charge in [0.2, 0.25) is 16.0 Å². The highest BCUT2D eigenvalue weighted by Crippen LogP contribution is 2.37. The van der Waals surface area contributed by atoms with E-state index in [9.17, 15) is 17.7 Å². The number of hydrazone groups is 1. The Kier molecular flexibility index (Phi) is 6.57. The Balaban J connectivity index is 2.07. The molecular weight excluding hydrogens is 482 g/mol. The summed E-state index contributed by atoms with van der Waals surface area (Å²) in [5.74, 6) is 5.22. The van der Waals surface area contributed by atoms with E-state index in [-0.39, 0.29) is 40.6 Å². The molecule has 0 spiro atoms. The smallest absolute Gasteiger partial charge is 0.240 e. The van der Waals surface area contributed by atoms with Gasteiger partial charge in [-0.3, -0.25) is 4.21 Å². The molecule has 1 unspecified atom stereocenters. The third-order valence-electron chi connectivity index (χ3n) is 5.53. The predicted molar refractivity (Wildman–Crippen MR) is 129 cm³/mol. The maximum absolute atomic E-state index is 13.2. The van der Waals surface area contributed by atoms with Gasteiger partial charge in [-0.2, -0.15) is 0 Å². The Hall–Kier alpha value is -3.08. The Morgan fingerprint density at radius 1 is 1.29 bits per heavy atom. The van der Waals surface area contributed by atoms with E-state index in [0.717, 1.165) is 0 Å². The van der Waals surface area contributed by atoms with Crippen LogP contribution < -0.4 is 33.3 Å². The predicted octanol–water partition coefficient (Wildman–Crippen LogP) is -1.91. The monoisotopic (exact) mass is 507 g/mol. The summed E-state index contributed by atoms with van der Waals surface area (Å²) in [6, 6.07) is 8.26. The lowest BCUT2D eigenvalue weighted by molar-refractivity contribution is 0.278. The van der Waals surface area contributed by atoms with Crippen LogP contribution >= 0.6 is 0 Å². The van der Waals surface area contributed by atoms with Gasteiger partial charge >= 0.3 is 0 Å². The lowest BCUT2D eigenvalue weighted by Gasteiger charge is -2.27. The molecule has 15 heteroatoms. The molecule has 1 atom stereocenters. The van der Waals surface area contributed by atoms with E-state index >= 15 is 0 Å². The molecule has 11 N–H and O–H groups in total. The Bertz CT molecular complexity index is 1410. The molecule has 1 aliphatic heterocycles. The number of nitrogens with zero attached hydrogens (tertiary/aromatic N) is 3. The summed E-state index contributed by atoms with van der Waals surface area (Å²) in [7, 11) is -6.09. The fraction of sp³-hybridized carbons (Fsp3) is 0.263. The quantitative estimate of drug-likeness (QED) is 0.0773. The van der Waals surface area contributed by atoms with Crippen molar-refractivity contribution in [2.75, 3.05) is 25.4 Å². The van der Waals surface area contributed by atoms with Crippen LogP contribution in [0.15, 0.2) is 45.2 Å². The molecule has 0 aliphatic carbocycles. The molecule has 1 saturated heterocycles. The van der Waals surface area contributed by atoms with Gasteiger partial charge in [-0.15, -0.1) is 5.10 Å². The van der Waals surface area contributed by atoms with Crippen molar-refractivity contribution in [2.45, 2.75) is 21.6 Å². The summed E-state index contributed by atoms with van der Waals surface area (Å²) in [4.78, 5) is 4.05. The van der Waals surface area contributed by atoms with E-state index in [1.54, 1.807) is 28.8 Å². The third-order valence-corrected chi connectivity index (χ3v) is 8.37. The molecule has 1 aromatic heterocycles. The van der Waals surface area contributed by atoms with Crippen molar-refractivity contribution in [1.82, 2.24) is 20.4 Å². The van der Waals surface area contributed by atoms with Crippen LogP contribution in [0.4, 0.5) is 5.95 Å². The number of amidine groups is 1. The van der Waals surface area contributed by atoms with Gasteiger partial charge in [0.1, 0.15) is 4.90 Å². The fourth-order valence-electron chi connectivity index (χ4n) is 3.92. The summed E-state index contributed by atoms with van der Waals surface area (Å²) in [6.07, 6.45) is 0. The van der Waals surface area contributed by atoms with E-state index in [4.69, 9.17) is 22.4 Å². The molecule has 3 aromatic rings. The van der Waals surface area contributed by atoms with E-state index in [0.29, 0.717) is 35.2 Å². The number of rotatable bonds is 8. The maximum Gasteiger partial charge on any atom is 0.240 e. The zero-order valence-corrected chi connectivity index (χ0v) is 19.6. The first-order chi connectivity index (χ1) is 16.2. The van der Waals surface area contributed by atoms with Crippen LogP contribution in [0.3, 0.4) is 0 Å². The molecule has 2 heterocycles. The van der Waals surface area contributed by atoms with Gasteiger partial charge in [0.25, 0.3) is 0 Å². The number of para-hydroxylation sites is 1. The molecule has 0 radical (unpaired) electrons. The number of primary sulfonamides is 1. The number of hydrogen-bond donors (Lipinski definition) is 7. The van der Waals surface area contributed by atoms with E-state index in [1.807, 2.05) is 0 Å². The molecule has 13 nitrogen and oxygen atoms in total. The maximum atomic E-state index is 13.2. The first kappa shape index (κ1) is 24.1. The molecule has 4 rings (SSSR count). The van der Waals surface area contributed by atoms with E-state index in [2.05, 4.69) is 20.9 Å². The number of benzene rings is 2. The molecule has 0 saturated carbocycles. The minimum absolute atomic E-state index is 0.0282. The van der Waals surface area contributed by atoms with Crippen LogP contribution in [0.1, 0.15) is 5.56 Å². The van der Waals surface area contributed by atoms with Crippen LogP contribution in [-0.2, 0) is 27.4 Å². The third kappa shape index (κ3) is 4.13. The number of nitrogen functional groups attached to an aromatic ring is 1. The molecule has 2 aromatic carbocycles. The van der Waals surface area contributed by atoms with Crippen molar-refractivity contribution in [3.8, 4) is 11.1 Å². The number of sulfonamides is 1. The second kappa shape index (κ2) is 9.28. The number of aliphatic hydroxyl groups excluding tert-OH is 1. The van der Waals surface area contributed by atoms with Crippen LogP contribution in [0, 0.1) is 0 Å². The SMILES string of the molecule is NN/N=C(\N)c1c(-c2cccc3c2nc(N)n3CCO)ccc(S(=O)C2CNC2)c1S(N)(=O)=O. The van der Waals surface area contributed by atoms with Gasteiger partial charge in [-0.05, 0) is 17.7 Å². The van der Waals surface area contributed by atoms with Gasteiger partial charge in [-0.25, -0.2) is 29.9 Å². The van der Waals surface area contributed by atoms with Gasteiger partial charge < -0.3 is 26.5 Å². The summed E-state index contributed by atoms with van der Waals surface area (Å²) >= 11 is 0. The highest BCUT2D eigenvalue weighted by atomic mass is 32.2. The molecule has 182 valence electrons. The first-order valence-corrected chi connectivity index (χ1v) is 12.9. The number of aliphatic hydroxyl groups is 1. The molecule has 34 heavy (non-hydrogen) atoms. The zero-order chi connectivity index (χ0) is 24.6. The van der Waals surface area contributed by atoms with Gasteiger partial charge in [0.15, 0.2) is 5.84 Å². The summed E-state index contributed by atoms with van der Waals surface area (Å²) in [5.41, 5.74) is 16.1. The highest BCUT2D eigenvalue weighted by molar-refractivity contribution is 7.91. The number of nitrogens with one attached hydrogen (secondary N) is 2. The second-order valence-corrected chi connectivity index (χ2v) is 10.8. The topological polar surface area (TPSA) is 230 Å². The standard InChI is InChI=1S/C19H25N9O4S2/c20-18(26-27-22)15-11(12-2-1-3-13-16(12)25-19(21)28(13)6-7-29)4-5-14(17(15)34(23,31)32)33(30)10-8-24-9-10/h1-5,10,24,27,29H,6-9,22H2,(H2,20,26)(H2,21,25)(H2,23,31,32). The number of aromatic nitrogens is 2. The number of anilines is 1. The molecule has 0 amide bonds. The normalized spacial score (nSPS) is 15.9. The molecular formula is C19H25N9O4S2. The number of hydrazine groups is 1. The average Bonchev–Trinajstić information content (AvgIpc) is 3.06. The van der Waals surface area contributed by atoms with Crippen LogP contribution in [0.2, 0.25) is 0 Å². The minimum Gasteiger partial charge on any atom is -0.395 e. The lowest BCUT2D eigenvalue weighted by Crippen LogP contribution is -2.49. The van der Waals surface area contributed by atoms with Crippen LogP contribution in [0.25, 0.3) is 22.2 Å². The largest absolute Gasteiger partial charge is 0.395 e. The van der Waals surface area contributed by atoms with Crippen molar-refractivity contribution >= 4 is 43.6 Å². The Morgan fingerprint density at radius 3 is 2.62 bits per heavy atom. The summed E-state index contributed by atoms with van der Waals surface area (Å²) < 4.78 is 40.4. The lowest BCUT2D eigenvalue weighted by atomic mass is 9.97. The van der Waals surface area contributed by atoms with Crippen LogP contribution in [-0.4, -0.2) is 58.1 Å². The van der Waals surface area contributed by atoms with Crippen molar-refractivity contribution < 1.29 is 17.7 Å². The summed E-state index contributed by atoms with van der Waals surface area (Å²) in [5, 5.41) is 21.5. The van der Waals surface area contributed by atoms with Gasteiger partial charge in [-0.1, -0.05) is 18.2 Å². The van der Waals surface area contributed by atoms with Crippen molar-refractivity contribution in [3.63, 3.8) is 0 Å². The summed E-state index contributed by atoms with van der Waals surface area (Å²) in [6.45, 7) is 1.01. The van der Waals surface area contributed by atoms with Crippen molar-refractivity contribution in [2.24, 2.45) is 21.8 Å². The molecule has 1 fully saturated rings. The Morgan fingerprint density at radius 2 is 2.03 bits per heavy atom. The second-order valence-electron chi connectivity index (χ2n) is 7.58. The average molecular weight is 508 g/mol. The van der Waals surface area contributed by atoms with Crippen molar-refractivity contribution in [3.05, 3.63) is 35.9 Å². The number of hydrogen-bond acceptors (Lipinski definition) is 10. The highest BCUT2D eigenvalue weighted by Gasteiger charge is 2.33. The molecule has 0 bridgehead atoms. The van der Waals surface area contributed by atoms with Gasteiger partial charge in [0, 0.05) is 30.8 Å². The first-order valence-electron chi connectivity index (χ1n) is 10.1. The number of fused-ring (bicyclic) bond motifs is 1. The number of imidazole rings is 1. The molecule has 1 aliphatic rings. The van der Waals surface area contributed by atoms with E-state index < -0.39 is 25.7 Å². The fourth-order valence-corrected chi connectivity index (χ4v) is 6.75.